The third-order valence-corrected chi connectivity index (χ3v) is 5.37. The molecule has 0 unspecified atom stereocenters. The van der Waals surface area contributed by atoms with Crippen molar-refractivity contribution in [2.45, 2.75) is 14.7 Å². The van der Waals surface area contributed by atoms with E-state index < -0.39 is 10.9 Å². The molecule has 4 heteroatoms. The quantitative estimate of drug-likeness (QED) is 0.643. The molecule has 0 saturated heterocycles. The lowest BCUT2D eigenvalue weighted by molar-refractivity contribution is 0.473. The summed E-state index contributed by atoms with van der Waals surface area (Å²) < 4.78 is 0. The number of rotatable bonds is 3. The molecule has 0 spiro atoms. The normalized spacial score (nSPS) is 10.8. The number of aromatic hydroxyl groups is 3. The molecule has 3 aromatic carbocycles. The first-order valence-electron chi connectivity index (χ1n) is 6.75. The lowest BCUT2D eigenvalue weighted by Gasteiger charge is -2.08. The molecule has 0 bridgehead atoms. The Bertz CT molecular complexity index is 739. The molecular formula is C18H15O3S+. The Morgan fingerprint density at radius 1 is 0.500 bits per heavy atom. The zero-order chi connectivity index (χ0) is 15.5. The van der Waals surface area contributed by atoms with E-state index in [1.165, 1.54) is 0 Å². The average Bonchev–Trinajstić information content (AvgIpc) is 2.50. The molecule has 0 amide bonds. The van der Waals surface area contributed by atoms with Crippen molar-refractivity contribution < 1.29 is 15.3 Å². The van der Waals surface area contributed by atoms with Gasteiger partial charge in [-0.2, -0.15) is 0 Å². The highest BCUT2D eigenvalue weighted by atomic mass is 32.2. The Labute approximate surface area is 131 Å². The maximum Gasteiger partial charge on any atom is 0.170 e. The molecule has 0 atom stereocenters. The van der Waals surface area contributed by atoms with Crippen molar-refractivity contribution in [2.75, 3.05) is 0 Å². The zero-order valence-corrected chi connectivity index (χ0v) is 12.5. The van der Waals surface area contributed by atoms with Crippen molar-refractivity contribution in [1.82, 2.24) is 0 Å². The van der Waals surface area contributed by atoms with Crippen molar-refractivity contribution >= 4 is 10.9 Å². The van der Waals surface area contributed by atoms with E-state index in [4.69, 9.17) is 0 Å². The van der Waals surface area contributed by atoms with Gasteiger partial charge in [-0.15, -0.1) is 0 Å². The van der Waals surface area contributed by atoms with Crippen LogP contribution in [0.5, 0.6) is 17.2 Å². The Morgan fingerprint density at radius 3 is 1.45 bits per heavy atom. The lowest BCUT2D eigenvalue weighted by atomic mass is 10.3. The third kappa shape index (κ3) is 3.02. The van der Waals surface area contributed by atoms with Gasteiger partial charge in [0.1, 0.15) is 17.2 Å². The van der Waals surface area contributed by atoms with Crippen molar-refractivity contribution in [3.63, 3.8) is 0 Å². The highest BCUT2D eigenvalue weighted by Crippen LogP contribution is 2.34. The number of hydrogen-bond donors (Lipinski definition) is 3. The fourth-order valence-corrected chi connectivity index (χ4v) is 4.34. The molecular weight excluding hydrogens is 296 g/mol. The van der Waals surface area contributed by atoms with Crippen molar-refractivity contribution in [2.24, 2.45) is 0 Å². The Balaban J connectivity index is 2.15. The standard InChI is InChI=1S/C18H14O3S/c19-13-7-9-16(10-8-13)22(17-5-1-3-14(20)11-17)18-6-2-4-15(21)12-18/h1-12H,(H2-,19,20,21)/p+1. The van der Waals surface area contributed by atoms with Gasteiger partial charge in [0, 0.05) is 12.1 Å². The second-order valence-corrected chi connectivity index (χ2v) is 6.82. The van der Waals surface area contributed by atoms with Crippen LogP contribution in [0.2, 0.25) is 0 Å². The highest BCUT2D eigenvalue weighted by molar-refractivity contribution is 7.97. The van der Waals surface area contributed by atoms with Gasteiger partial charge in [-0.05, 0) is 48.5 Å². The Morgan fingerprint density at radius 2 is 1.00 bits per heavy atom. The van der Waals surface area contributed by atoms with Gasteiger partial charge in [0.25, 0.3) is 0 Å². The topological polar surface area (TPSA) is 60.7 Å². The van der Waals surface area contributed by atoms with Crippen molar-refractivity contribution in [1.29, 1.82) is 0 Å². The van der Waals surface area contributed by atoms with Gasteiger partial charge in [0.05, 0.1) is 10.9 Å². The Kier molecular flexibility index (Phi) is 3.94. The number of phenols is 3. The summed E-state index contributed by atoms with van der Waals surface area (Å²) >= 11 is 0. The largest absolute Gasteiger partial charge is 0.508 e. The first-order chi connectivity index (χ1) is 10.6. The van der Waals surface area contributed by atoms with E-state index in [9.17, 15) is 15.3 Å². The summed E-state index contributed by atoms with van der Waals surface area (Å²) in [6, 6.07) is 21.2. The molecule has 3 nitrogen and oxygen atoms in total. The van der Waals surface area contributed by atoms with E-state index in [2.05, 4.69) is 0 Å². The Hall–Kier alpha value is -2.59. The van der Waals surface area contributed by atoms with Crippen LogP contribution in [-0.2, 0) is 10.9 Å². The van der Waals surface area contributed by atoms with Crippen LogP contribution < -0.4 is 0 Å². The predicted molar refractivity (Wildman–Crippen MR) is 86.5 cm³/mol. The molecule has 3 rings (SSSR count). The molecule has 0 aliphatic carbocycles. The summed E-state index contributed by atoms with van der Waals surface area (Å²) in [7, 11) is -0.475. The minimum absolute atomic E-state index is 0.203. The molecule has 0 aromatic heterocycles. The van der Waals surface area contributed by atoms with Crippen LogP contribution in [0.3, 0.4) is 0 Å². The van der Waals surface area contributed by atoms with Crippen LogP contribution >= 0.6 is 0 Å². The number of benzene rings is 3. The van der Waals surface area contributed by atoms with Crippen LogP contribution in [0.15, 0.2) is 87.5 Å². The molecule has 110 valence electrons. The van der Waals surface area contributed by atoms with Crippen molar-refractivity contribution in [3.05, 3.63) is 72.8 Å². The number of phenolic OH excluding ortho intramolecular Hbond substituents is 3. The summed E-state index contributed by atoms with van der Waals surface area (Å²) in [6.07, 6.45) is 0. The van der Waals surface area contributed by atoms with Gasteiger partial charge >= 0.3 is 0 Å². The predicted octanol–water partition coefficient (Wildman–Crippen LogP) is 3.90. The molecule has 3 N–H and O–H groups in total. The third-order valence-electron chi connectivity index (χ3n) is 3.18. The lowest BCUT2D eigenvalue weighted by Crippen LogP contribution is -2.04. The zero-order valence-electron chi connectivity index (χ0n) is 11.7. The van der Waals surface area contributed by atoms with Crippen LogP contribution in [0.4, 0.5) is 0 Å². The number of hydrogen-bond acceptors (Lipinski definition) is 3. The van der Waals surface area contributed by atoms with E-state index in [-0.39, 0.29) is 17.2 Å². The molecule has 0 aliphatic rings. The molecule has 3 aromatic rings. The van der Waals surface area contributed by atoms with E-state index in [1.807, 2.05) is 24.3 Å². The van der Waals surface area contributed by atoms with Gasteiger partial charge < -0.3 is 15.3 Å². The molecule has 0 heterocycles. The molecule has 0 saturated carbocycles. The van der Waals surface area contributed by atoms with E-state index in [0.29, 0.717) is 0 Å². The van der Waals surface area contributed by atoms with Crippen LogP contribution in [-0.4, -0.2) is 15.3 Å². The fourth-order valence-electron chi connectivity index (χ4n) is 2.21. The van der Waals surface area contributed by atoms with Gasteiger partial charge in [-0.25, -0.2) is 0 Å². The van der Waals surface area contributed by atoms with E-state index in [0.717, 1.165) is 14.7 Å². The van der Waals surface area contributed by atoms with Gasteiger partial charge in [-0.1, -0.05) is 12.1 Å². The first-order valence-corrected chi connectivity index (χ1v) is 7.97. The van der Waals surface area contributed by atoms with E-state index >= 15 is 0 Å². The maximum absolute atomic E-state index is 9.77. The summed E-state index contributed by atoms with van der Waals surface area (Å²) in [4.78, 5) is 2.88. The summed E-state index contributed by atoms with van der Waals surface area (Å²) in [5.41, 5.74) is 0. The molecule has 0 radical (unpaired) electrons. The van der Waals surface area contributed by atoms with Gasteiger partial charge in [-0.3, -0.25) is 0 Å². The fraction of sp³-hybridized carbons (Fsp3) is 0. The monoisotopic (exact) mass is 311 g/mol. The summed E-state index contributed by atoms with van der Waals surface area (Å²) in [5.74, 6) is 0.613. The molecule has 0 aliphatic heterocycles. The van der Waals surface area contributed by atoms with Crippen LogP contribution in [0.1, 0.15) is 0 Å². The van der Waals surface area contributed by atoms with Crippen LogP contribution in [0, 0.1) is 0 Å². The van der Waals surface area contributed by atoms with Crippen molar-refractivity contribution in [3.8, 4) is 17.2 Å². The second-order valence-electron chi connectivity index (χ2n) is 4.79. The highest BCUT2D eigenvalue weighted by Gasteiger charge is 2.29. The maximum atomic E-state index is 9.77. The average molecular weight is 311 g/mol. The smallest absolute Gasteiger partial charge is 0.170 e. The first kappa shape index (κ1) is 14.4. The SMILES string of the molecule is Oc1ccc([S+](c2cccc(O)c2)c2cccc(O)c2)cc1. The van der Waals surface area contributed by atoms with Crippen LogP contribution in [0.25, 0.3) is 0 Å². The second kappa shape index (κ2) is 6.03. The minimum Gasteiger partial charge on any atom is -0.508 e. The summed E-state index contributed by atoms with van der Waals surface area (Å²) in [5, 5.41) is 29.0. The minimum atomic E-state index is -0.475. The van der Waals surface area contributed by atoms with Gasteiger partial charge in [0.15, 0.2) is 14.7 Å². The summed E-state index contributed by atoms with van der Waals surface area (Å²) in [6.45, 7) is 0. The molecule has 22 heavy (non-hydrogen) atoms. The van der Waals surface area contributed by atoms with Gasteiger partial charge in [0.2, 0.25) is 0 Å². The molecule has 0 fully saturated rings. The van der Waals surface area contributed by atoms with E-state index in [1.54, 1.807) is 48.5 Å².